The van der Waals surface area contributed by atoms with Gasteiger partial charge in [0.15, 0.2) is 0 Å². The third-order valence-electron chi connectivity index (χ3n) is 3.45. The van der Waals surface area contributed by atoms with Crippen LogP contribution in [0.5, 0.6) is 0 Å². The van der Waals surface area contributed by atoms with Crippen molar-refractivity contribution >= 4 is 16.7 Å². The Morgan fingerprint density at radius 1 is 1.41 bits per heavy atom. The molecule has 0 atom stereocenters. The third kappa shape index (κ3) is 3.92. The van der Waals surface area contributed by atoms with Crippen molar-refractivity contribution in [3.8, 4) is 0 Å². The number of piperidine rings is 1. The van der Waals surface area contributed by atoms with Gasteiger partial charge in [-0.15, -0.1) is 0 Å². The van der Waals surface area contributed by atoms with Gasteiger partial charge in [-0.2, -0.15) is 4.37 Å². The van der Waals surface area contributed by atoms with E-state index < -0.39 is 0 Å². The van der Waals surface area contributed by atoms with E-state index in [0.717, 1.165) is 29.8 Å². The Morgan fingerprint density at radius 2 is 2.18 bits per heavy atom. The summed E-state index contributed by atoms with van der Waals surface area (Å²) in [6, 6.07) is 0. The smallest absolute Gasteiger partial charge is 0.202 e. The van der Waals surface area contributed by atoms with Crippen LogP contribution in [0.15, 0.2) is 0 Å². The van der Waals surface area contributed by atoms with Gasteiger partial charge >= 0.3 is 0 Å². The predicted octanol–water partition coefficient (Wildman–Crippen LogP) is 2.24. The van der Waals surface area contributed by atoms with E-state index >= 15 is 0 Å². The first kappa shape index (κ1) is 12.8. The highest BCUT2D eigenvalue weighted by atomic mass is 32.1. The van der Waals surface area contributed by atoms with E-state index in [0.29, 0.717) is 0 Å². The molecule has 5 heteroatoms. The Hall–Kier alpha value is -0.680. The van der Waals surface area contributed by atoms with Crippen molar-refractivity contribution < 1.29 is 0 Å². The van der Waals surface area contributed by atoms with Crippen LogP contribution in [-0.4, -0.2) is 40.9 Å². The molecule has 2 rings (SSSR count). The van der Waals surface area contributed by atoms with Crippen molar-refractivity contribution in [1.29, 1.82) is 0 Å². The monoisotopic (exact) mass is 254 g/mol. The Kier molecular flexibility index (Phi) is 4.74. The molecule has 96 valence electrons. The molecule has 0 spiro atoms. The number of rotatable bonds is 5. The minimum absolute atomic E-state index is 0.886. The normalized spacial score (nSPS) is 18.5. The van der Waals surface area contributed by atoms with E-state index in [1.807, 2.05) is 0 Å². The van der Waals surface area contributed by atoms with E-state index in [1.54, 1.807) is 0 Å². The fourth-order valence-electron chi connectivity index (χ4n) is 2.20. The maximum absolute atomic E-state index is 4.41. The third-order valence-corrected chi connectivity index (χ3v) is 4.16. The zero-order chi connectivity index (χ0) is 12.1. The summed E-state index contributed by atoms with van der Waals surface area (Å²) in [7, 11) is 2.21. The molecule has 0 amide bonds. The standard InChI is InChI=1S/C12H22N4S/c1-3-11-14-12(17-15-11)13-7-4-10-5-8-16(2)9-6-10/h10H,3-9H2,1-2H3,(H,13,14,15). The van der Waals surface area contributed by atoms with Gasteiger partial charge in [-0.1, -0.05) is 6.92 Å². The zero-order valence-electron chi connectivity index (χ0n) is 10.8. The molecular formula is C12H22N4S. The average Bonchev–Trinajstić information content (AvgIpc) is 2.80. The Morgan fingerprint density at radius 3 is 2.82 bits per heavy atom. The van der Waals surface area contributed by atoms with Gasteiger partial charge in [0.05, 0.1) is 0 Å². The molecule has 1 aliphatic heterocycles. The molecule has 0 aliphatic carbocycles. The summed E-state index contributed by atoms with van der Waals surface area (Å²) in [6.07, 6.45) is 4.87. The minimum Gasteiger partial charge on any atom is -0.360 e. The first-order valence-electron chi connectivity index (χ1n) is 6.53. The molecule has 0 unspecified atom stereocenters. The number of aromatic nitrogens is 2. The Labute approximate surface area is 108 Å². The summed E-state index contributed by atoms with van der Waals surface area (Å²) in [5.41, 5.74) is 0. The number of aryl methyl sites for hydroxylation is 1. The van der Waals surface area contributed by atoms with Crippen LogP contribution >= 0.6 is 11.5 Å². The molecule has 4 nitrogen and oxygen atoms in total. The van der Waals surface area contributed by atoms with Gasteiger partial charge in [-0.3, -0.25) is 0 Å². The van der Waals surface area contributed by atoms with Gasteiger partial charge in [0, 0.05) is 24.5 Å². The van der Waals surface area contributed by atoms with E-state index in [2.05, 4.69) is 33.5 Å². The molecule has 0 radical (unpaired) electrons. The molecule has 1 aromatic heterocycles. The molecule has 1 aromatic rings. The van der Waals surface area contributed by atoms with Crippen molar-refractivity contribution in [2.45, 2.75) is 32.6 Å². The lowest BCUT2D eigenvalue weighted by molar-refractivity contribution is 0.215. The summed E-state index contributed by atoms with van der Waals surface area (Å²) in [5.74, 6) is 1.84. The predicted molar refractivity (Wildman–Crippen MR) is 72.6 cm³/mol. The van der Waals surface area contributed by atoms with Gasteiger partial charge in [0.25, 0.3) is 0 Å². The van der Waals surface area contributed by atoms with Crippen molar-refractivity contribution in [3.05, 3.63) is 5.82 Å². The van der Waals surface area contributed by atoms with E-state index in [4.69, 9.17) is 0 Å². The lowest BCUT2D eigenvalue weighted by atomic mass is 9.94. The summed E-state index contributed by atoms with van der Waals surface area (Å²) in [5, 5.41) is 4.37. The Balaban J connectivity index is 1.65. The molecule has 17 heavy (non-hydrogen) atoms. The fraction of sp³-hybridized carbons (Fsp3) is 0.833. The SMILES string of the molecule is CCc1nsc(NCCC2CCN(C)CC2)n1. The second-order valence-electron chi connectivity index (χ2n) is 4.83. The average molecular weight is 254 g/mol. The van der Waals surface area contributed by atoms with E-state index in [-0.39, 0.29) is 0 Å². The van der Waals surface area contributed by atoms with Crippen LogP contribution in [0.3, 0.4) is 0 Å². The highest BCUT2D eigenvalue weighted by molar-refractivity contribution is 7.09. The quantitative estimate of drug-likeness (QED) is 0.875. The highest BCUT2D eigenvalue weighted by Crippen LogP contribution is 2.20. The lowest BCUT2D eigenvalue weighted by Crippen LogP contribution is -2.30. The molecule has 0 saturated carbocycles. The van der Waals surface area contributed by atoms with E-state index in [9.17, 15) is 0 Å². The molecule has 1 N–H and O–H groups in total. The first-order valence-corrected chi connectivity index (χ1v) is 7.30. The van der Waals surface area contributed by atoms with Crippen molar-refractivity contribution in [2.24, 2.45) is 5.92 Å². The van der Waals surface area contributed by atoms with Gasteiger partial charge < -0.3 is 10.2 Å². The molecule has 0 aromatic carbocycles. The van der Waals surface area contributed by atoms with Crippen LogP contribution in [0.1, 0.15) is 32.0 Å². The maximum atomic E-state index is 4.41. The van der Waals surface area contributed by atoms with Crippen molar-refractivity contribution in [2.75, 3.05) is 32.0 Å². The van der Waals surface area contributed by atoms with Crippen LogP contribution in [0.2, 0.25) is 0 Å². The van der Waals surface area contributed by atoms with Crippen LogP contribution in [-0.2, 0) is 6.42 Å². The maximum Gasteiger partial charge on any atom is 0.202 e. The highest BCUT2D eigenvalue weighted by Gasteiger charge is 2.16. The topological polar surface area (TPSA) is 41.1 Å². The van der Waals surface area contributed by atoms with Crippen LogP contribution in [0.25, 0.3) is 0 Å². The van der Waals surface area contributed by atoms with Gasteiger partial charge in [-0.05, 0) is 45.3 Å². The molecule has 1 fully saturated rings. The summed E-state index contributed by atoms with van der Waals surface area (Å²) in [4.78, 5) is 6.83. The van der Waals surface area contributed by atoms with Crippen molar-refractivity contribution in [1.82, 2.24) is 14.3 Å². The van der Waals surface area contributed by atoms with E-state index in [1.165, 1.54) is 43.9 Å². The summed E-state index contributed by atoms with van der Waals surface area (Å²) in [6.45, 7) is 5.63. The molecule has 2 heterocycles. The minimum atomic E-state index is 0.886. The number of nitrogens with zero attached hydrogens (tertiary/aromatic N) is 3. The summed E-state index contributed by atoms with van der Waals surface area (Å²) < 4.78 is 4.27. The lowest BCUT2D eigenvalue weighted by Gasteiger charge is -2.28. The van der Waals surface area contributed by atoms with Crippen molar-refractivity contribution in [3.63, 3.8) is 0 Å². The number of hydrogen-bond acceptors (Lipinski definition) is 5. The largest absolute Gasteiger partial charge is 0.360 e. The first-order chi connectivity index (χ1) is 8.28. The second-order valence-corrected chi connectivity index (χ2v) is 5.58. The zero-order valence-corrected chi connectivity index (χ0v) is 11.6. The van der Waals surface area contributed by atoms with Gasteiger partial charge in [-0.25, -0.2) is 4.98 Å². The van der Waals surface area contributed by atoms with Crippen LogP contribution in [0.4, 0.5) is 5.13 Å². The van der Waals surface area contributed by atoms with Crippen LogP contribution < -0.4 is 5.32 Å². The molecule has 0 bridgehead atoms. The molecule has 1 saturated heterocycles. The van der Waals surface area contributed by atoms with Gasteiger partial charge in [0.2, 0.25) is 5.13 Å². The number of nitrogens with one attached hydrogen (secondary N) is 1. The number of hydrogen-bond donors (Lipinski definition) is 1. The van der Waals surface area contributed by atoms with Crippen LogP contribution in [0, 0.1) is 5.92 Å². The Bertz CT molecular complexity index is 331. The molecule has 1 aliphatic rings. The fourth-order valence-corrected chi connectivity index (χ4v) is 2.88. The number of likely N-dealkylation sites (tertiary alicyclic amines) is 1. The molecular weight excluding hydrogens is 232 g/mol. The van der Waals surface area contributed by atoms with Gasteiger partial charge in [0.1, 0.15) is 5.82 Å². The second kappa shape index (κ2) is 6.31. The summed E-state index contributed by atoms with van der Waals surface area (Å²) >= 11 is 1.48. The number of anilines is 1.